The third kappa shape index (κ3) is 4.70. The van der Waals surface area contributed by atoms with Crippen molar-refractivity contribution in [2.45, 2.75) is 33.3 Å². The molecule has 0 radical (unpaired) electrons. The molecule has 1 N–H and O–H groups in total. The number of esters is 2. The Bertz CT molecular complexity index is 904. The van der Waals surface area contributed by atoms with Crippen molar-refractivity contribution in [1.82, 2.24) is 4.98 Å². The molecule has 2 rings (SSSR count). The van der Waals surface area contributed by atoms with E-state index in [4.69, 9.17) is 32.7 Å². The maximum Gasteiger partial charge on any atom is 0.339 e. The highest BCUT2D eigenvalue weighted by Crippen LogP contribution is 2.23. The van der Waals surface area contributed by atoms with Gasteiger partial charge >= 0.3 is 11.9 Å². The maximum absolute atomic E-state index is 12.6. The molecule has 0 fully saturated rings. The standard InChI is InChI=1S/C19H19Cl2NO5/c1-9-16(19(25)26-4)10(2)22-17(9)18(24)11(3)27-15(23)8-12-5-6-13(20)14(21)7-12/h5-7,11,22H,8H2,1-4H3/t11-/m0/s1. The van der Waals surface area contributed by atoms with Crippen molar-refractivity contribution in [2.24, 2.45) is 0 Å². The zero-order valence-corrected chi connectivity index (χ0v) is 16.8. The smallest absolute Gasteiger partial charge is 0.339 e. The molecule has 144 valence electrons. The molecule has 0 spiro atoms. The molecular weight excluding hydrogens is 393 g/mol. The molecule has 8 heteroatoms. The summed E-state index contributed by atoms with van der Waals surface area (Å²) in [4.78, 5) is 39.5. The lowest BCUT2D eigenvalue weighted by molar-refractivity contribution is -0.145. The number of methoxy groups -OCH3 is 1. The zero-order valence-electron chi connectivity index (χ0n) is 15.3. The van der Waals surface area contributed by atoms with Gasteiger partial charge in [-0.3, -0.25) is 9.59 Å². The molecule has 2 aromatic rings. The SMILES string of the molecule is COC(=O)c1c(C)[nH]c(C(=O)[C@H](C)OC(=O)Cc2ccc(Cl)c(Cl)c2)c1C. The molecule has 6 nitrogen and oxygen atoms in total. The predicted octanol–water partition coefficient (Wildman–Crippen LogP) is 4.08. The van der Waals surface area contributed by atoms with E-state index >= 15 is 0 Å². The minimum absolute atomic E-state index is 0.0509. The van der Waals surface area contributed by atoms with Gasteiger partial charge in [0.05, 0.1) is 34.8 Å². The molecule has 0 saturated carbocycles. The maximum atomic E-state index is 12.6. The molecule has 1 aromatic carbocycles. The van der Waals surface area contributed by atoms with Gasteiger partial charge in [-0.2, -0.15) is 0 Å². The largest absolute Gasteiger partial charge is 0.465 e. The number of aromatic amines is 1. The number of hydrogen-bond donors (Lipinski definition) is 1. The van der Waals surface area contributed by atoms with Crippen LogP contribution in [0.5, 0.6) is 0 Å². The second-order valence-electron chi connectivity index (χ2n) is 6.04. The molecule has 0 saturated heterocycles. The summed E-state index contributed by atoms with van der Waals surface area (Å²) in [6.07, 6.45) is -1.08. The number of benzene rings is 1. The summed E-state index contributed by atoms with van der Waals surface area (Å²) in [5, 5.41) is 0.718. The molecule has 0 bridgehead atoms. The lowest BCUT2D eigenvalue weighted by Gasteiger charge is -2.12. The van der Waals surface area contributed by atoms with E-state index in [0.29, 0.717) is 32.4 Å². The Kier molecular flexibility index (Phi) is 6.68. The minimum Gasteiger partial charge on any atom is -0.465 e. The number of ketones is 1. The van der Waals surface area contributed by atoms with Gasteiger partial charge in [0, 0.05) is 5.69 Å². The van der Waals surface area contributed by atoms with E-state index in [0.717, 1.165) is 0 Å². The van der Waals surface area contributed by atoms with E-state index in [9.17, 15) is 14.4 Å². The van der Waals surface area contributed by atoms with Crippen LogP contribution in [0.3, 0.4) is 0 Å². The van der Waals surface area contributed by atoms with Crippen LogP contribution >= 0.6 is 23.2 Å². The Balaban J connectivity index is 2.10. The Hall–Kier alpha value is -2.31. The molecule has 0 aliphatic carbocycles. The second kappa shape index (κ2) is 8.59. The third-order valence-electron chi connectivity index (χ3n) is 4.08. The van der Waals surface area contributed by atoms with E-state index in [-0.39, 0.29) is 12.1 Å². The summed E-state index contributed by atoms with van der Waals surface area (Å²) in [5.41, 5.74) is 2.10. The number of carbonyl (C=O) groups excluding carboxylic acids is 3. The quantitative estimate of drug-likeness (QED) is 0.571. The van der Waals surface area contributed by atoms with Crippen LogP contribution in [0, 0.1) is 13.8 Å². The first kappa shape index (κ1) is 21.0. The number of halogens is 2. The van der Waals surface area contributed by atoms with Gasteiger partial charge in [0.15, 0.2) is 6.10 Å². The summed E-state index contributed by atoms with van der Waals surface area (Å²) in [6.45, 7) is 4.77. The highest BCUT2D eigenvalue weighted by Gasteiger charge is 2.27. The lowest BCUT2D eigenvalue weighted by Crippen LogP contribution is -2.26. The van der Waals surface area contributed by atoms with Crippen LogP contribution in [0.25, 0.3) is 0 Å². The Morgan fingerprint density at radius 2 is 1.81 bits per heavy atom. The van der Waals surface area contributed by atoms with Crippen molar-refractivity contribution in [3.63, 3.8) is 0 Å². The topological polar surface area (TPSA) is 85.5 Å². The van der Waals surface area contributed by atoms with E-state index in [2.05, 4.69) is 4.98 Å². The van der Waals surface area contributed by atoms with Crippen molar-refractivity contribution >= 4 is 40.9 Å². The first-order valence-electron chi connectivity index (χ1n) is 8.10. The fourth-order valence-electron chi connectivity index (χ4n) is 2.72. The summed E-state index contributed by atoms with van der Waals surface area (Å²) in [6, 6.07) is 4.81. The Morgan fingerprint density at radius 1 is 1.15 bits per heavy atom. The van der Waals surface area contributed by atoms with Crippen LogP contribution in [0.15, 0.2) is 18.2 Å². The molecule has 1 heterocycles. The van der Waals surface area contributed by atoms with E-state index in [1.54, 1.807) is 32.0 Å². The number of Topliss-reactive ketones (excluding diaryl/α,β-unsaturated/α-hetero) is 1. The van der Waals surface area contributed by atoms with E-state index in [1.165, 1.54) is 14.0 Å². The first-order valence-corrected chi connectivity index (χ1v) is 8.86. The van der Waals surface area contributed by atoms with Crippen molar-refractivity contribution in [3.8, 4) is 0 Å². The number of hydrogen-bond acceptors (Lipinski definition) is 5. The minimum atomic E-state index is -1.03. The zero-order chi connectivity index (χ0) is 20.3. The van der Waals surface area contributed by atoms with Crippen molar-refractivity contribution in [1.29, 1.82) is 0 Å². The fraction of sp³-hybridized carbons (Fsp3) is 0.316. The van der Waals surface area contributed by atoms with Gasteiger partial charge in [0.25, 0.3) is 0 Å². The monoisotopic (exact) mass is 411 g/mol. The van der Waals surface area contributed by atoms with Gasteiger partial charge < -0.3 is 14.5 Å². The predicted molar refractivity (Wildman–Crippen MR) is 102 cm³/mol. The molecular formula is C19H19Cl2NO5. The number of H-pyrrole nitrogens is 1. The molecule has 27 heavy (non-hydrogen) atoms. The van der Waals surface area contributed by atoms with E-state index in [1.807, 2.05) is 0 Å². The van der Waals surface area contributed by atoms with E-state index < -0.39 is 23.8 Å². The molecule has 0 amide bonds. The molecule has 0 aliphatic rings. The van der Waals surface area contributed by atoms with Gasteiger partial charge in [-0.05, 0) is 44.0 Å². The number of aryl methyl sites for hydroxylation is 1. The fourth-order valence-corrected chi connectivity index (χ4v) is 3.04. The van der Waals surface area contributed by atoms with Crippen LogP contribution < -0.4 is 0 Å². The number of nitrogens with one attached hydrogen (secondary N) is 1. The lowest BCUT2D eigenvalue weighted by atomic mass is 10.1. The van der Waals surface area contributed by atoms with Gasteiger partial charge in [0.2, 0.25) is 5.78 Å². The average Bonchev–Trinajstić information content (AvgIpc) is 2.91. The number of carbonyl (C=O) groups is 3. The normalized spacial score (nSPS) is 11.8. The van der Waals surface area contributed by atoms with Crippen LogP contribution in [0.4, 0.5) is 0 Å². The summed E-state index contributed by atoms with van der Waals surface area (Å²) < 4.78 is 9.96. The molecule has 1 aromatic heterocycles. The summed E-state index contributed by atoms with van der Waals surface area (Å²) in [7, 11) is 1.27. The van der Waals surface area contributed by atoms with Crippen LogP contribution in [0.2, 0.25) is 10.0 Å². The Labute approximate surface area is 166 Å². The van der Waals surface area contributed by atoms with Crippen molar-refractivity contribution in [2.75, 3.05) is 7.11 Å². The number of ether oxygens (including phenoxy) is 2. The highest BCUT2D eigenvalue weighted by atomic mass is 35.5. The van der Waals surface area contributed by atoms with Crippen molar-refractivity contribution in [3.05, 3.63) is 56.3 Å². The molecule has 0 aliphatic heterocycles. The third-order valence-corrected chi connectivity index (χ3v) is 4.82. The highest BCUT2D eigenvalue weighted by molar-refractivity contribution is 6.42. The number of aromatic nitrogens is 1. The summed E-state index contributed by atoms with van der Waals surface area (Å²) >= 11 is 11.8. The van der Waals surface area contributed by atoms with Crippen LogP contribution in [-0.4, -0.2) is 35.9 Å². The van der Waals surface area contributed by atoms with Crippen molar-refractivity contribution < 1.29 is 23.9 Å². The number of rotatable bonds is 6. The van der Waals surface area contributed by atoms with Gasteiger partial charge in [-0.25, -0.2) is 4.79 Å². The molecule has 0 unspecified atom stereocenters. The van der Waals surface area contributed by atoms with Gasteiger partial charge in [0.1, 0.15) is 0 Å². The second-order valence-corrected chi connectivity index (χ2v) is 6.85. The van der Waals surface area contributed by atoms with Crippen LogP contribution in [0.1, 0.15) is 44.6 Å². The average molecular weight is 412 g/mol. The Morgan fingerprint density at radius 3 is 2.41 bits per heavy atom. The summed E-state index contributed by atoms with van der Waals surface area (Å²) in [5.74, 6) is -1.55. The van der Waals surface area contributed by atoms with Crippen LogP contribution in [-0.2, 0) is 20.7 Å². The van der Waals surface area contributed by atoms with Gasteiger partial charge in [-0.15, -0.1) is 0 Å². The first-order chi connectivity index (χ1) is 12.6. The van der Waals surface area contributed by atoms with Gasteiger partial charge in [-0.1, -0.05) is 29.3 Å². The molecule has 1 atom stereocenters.